The van der Waals surface area contributed by atoms with Crippen LogP contribution >= 0.6 is 0 Å². The molecule has 0 radical (unpaired) electrons. The van der Waals surface area contributed by atoms with Crippen LogP contribution in [0, 0.1) is 0 Å². The molecule has 0 aliphatic carbocycles. The van der Waals surface area contributed by atoms with Gasteiger partial charge in [0.15, 0.2) is 0 Å². The lowest BCUT2D eigenvalue weighted by molar-refractivity contribution is -0.137. The molecule has 0 bridgehead atoms. The van der Waals surface area contributed by atoms with Crippen LogP contribution < -0.4 is 4.72 Å². The third-order valence-corrected chi connectivity index (χ3v) is 4.10. The average molecular weight is 316 g/mol. The van der Waals surface area contributed by atoms with Crippen LogP contribution in [-0.2, 0) is 22.7 Å². The molecule has 112 valence electrons. The molecule has 4 nitrogen and oxygen atoms in total. The Morgan fingerprint density at radius 3 is 2.29 bits per heavy atom. The van der Waals surface area contributed by atoms with Gasteiger partial charge in [-0.1, -0.05) is 6.07 Å². The van der Waals surface area contributed by atoms with Gasteiger partial charge in [0.2, 0.25) is 10.0 Å². The maximum absolute atomic E-state index is 12.4. The molecule has 0 aliphatic rings. The lowest BCUT2D eigenvalue weighted by Gasteiger charge is -2.09. The van der Waals surface area contributed by atoms with E-state index < -0.39 is 21.8 Å². The van der Waals surface area contributed by atoms with Crippen LogP contribution in [0.4, 0.5) is 13.2 Å². The van der Waals surface area contributed by atoms with Gasteiger partial charge in [0.05, 0.1) is 10.5 Å². The first-order chi connectivity index (χ1) is 9.79. The molecular weight excluding hydrogens is 305 g/mol. The highest BCUT2D eigenvalue weighted by atomic mass is 32.2. The summed E-state index contributed by atoms with van der Waals surface area (Å²) >= 11 is 0. The molecule has 8 heteroatoms. The molecule has 1 heterocycles. The van der Waals surface area contributed by atoms with Crippen molar-refractivity contribution in [3.8, 4) is 0 Å². The maximum Gasteiger partial charge on any atom is 0.416 e. The summed E-state index contributed by atoms with van der Waals surface area (Å²) in [6.45, 7) is 0.0111. The Bertz CT molecular complexity index is 698. The summed E-state index contributed by atoms with van der Waals surface area (Å²) < 4.78 is 63.4. The Hall–Kier alpha value is -1.93. The molecule has 2 rings (SSSR count). The predicted octanol–water partition coefficient (Wildman–Crippen LogP) is 2.58. The second-order valence-electron chi connectivity index (χ2n) is 4.21. The standard InChI is InChI=1S/C13H11F3N2O2S/c14-13(15,16)11-3-5-12(6-4-11)21(19,20)18-9-10-2-1-7-17-8-10/h1-8,18H,9H2. The van der Waals surface area contributed by atoms with Crippen LogP contribution in [-0.4, -0.2) is 13.4 Å². The molecule has 0 aliphatic heterocycles. The van der Waals surface area contributed by atoms with Crippen molar-refractivity contribution in [2.24, 2.45) is 0 Å². The summed E-state index contributed by atoms with van der Waals surface area (Å²) in [5.74, 6) is 0. The van der Waals surface area contributed by atoms with Gasteiger partial charge < -0.3 is 0 Å². The largest absolute Gasteiger partial charge is 0.416 e. The highest BCUT2D eigenvalue weighted by Gasteiger charge is 2.30. The molecule has 0 amide bonds. The predicted molar refractivity (Wildman–Crippen MR) is 69.7 cm³/mol. The number of nitrogens with zero attached hydrogens (tertiary/aromatic N) is 1. The third-order valence-electron chi connectivity index (χ3n) is 2.68. The highest BCUT2D eigenvalue weighted by Crippen LogP contribution is 2.29. The van der Waals surface area contributed by atoms with Crippen molar-refractivity contribution in [3.63, 3.8) is 0 Å². The molecule has 21 heavy (non-hydrogen) atoms. The van der Waals surface area contributed by atoms with Crippen molar-refractivity contribution in [1.29, 1.82) is 0 Å². The number of hydrogen-bond acceptors (Lipinski definition) is 3. The van der Waals surface area contributed by atoms with Gasteiger partial charge in [-0.05, 0) is 35.9 Å². The van der Waals surface area contributed by atoms with Crippen LogP contribution in [0.15, 0.2) is 53.7 Å². The van der Waals surface area contributed by atoms with Crippen LogP contribution in [0.25, 0.3) is 0 Å². The van der Waals surface area contributed by atoms with Crippen LogP contribution in [0.2, 0.25) is 0 Å². The summed E-state index contributed by atoms with van der Waals surface area (Å²) in [5, 5.41) is 0. The van der Waals surface area contributed by atoms with Crippen LogP contribution in [0.3, 0.4) is 0 Å². The number of alkyl halides is 3. The molecule has 0 unspecified atom stereocenters. The van der Waals surface area contributed by atoms with Crippen molar-refractivity contribution in [2.75, 3.05) is 0 Å². The molecule has 0 spiro atoms. The fourth-order valence-corrected chi connectivity index (χ4v) is 2.61. The molecule has 1 aromatic heterocycles. The van der Waals surface area contributed by atoms with E-state index in [9.17, 15) is 21.6 Å². The zero-order valence-electron chi connectivity index (χ0n) is 10.6. The Morgan fingerprint density at radius 1 is 1.10 bits per heavy atom. The second kappa shape index (κ2) is 5.82. The van der Waals surface area contributed by atoms with E-state index in [4.69, 9.17) is 0 Å². The normalized spacial score (nSPS) is 12.3. The molecule has 1 N–H and O–H groups in total. The first kappa shape index (κ1) is 15.5. The molecule has 0 saturated carbocycles. The number of pyridine rings is 1. The fraction of sp³-hybridized carbons (Fsp3) is 0.154. The monoisotopic (exact) mass is 316 g/mol. The van der Waals surface area contributed by atoms with Gasteiger partial charge in [0.1, 0.15) is 0 Å². The van der Waals surface area contributed by atoms with E-state index >= 15 is 0 Å². The summed E-state index contributed by atoms with van der Waals surface area (Å²) in [6, 6.07) is 6.66. The zero-order chi connectivity index (χ0) is 15.5. The number of hydrogen-bond donors (Lipinski definition) is 1. The van der Waals surface area contributed by atoms with E-state index in [1.807, 2.05) is 0 Å². The first-order valence-electron chi connectivity index (χ1n) is 5.85. The number of rotatable bonds is 4. The molecule has 0 fully saturated rings. The van der Waals surface area contributed by atoms with Crippen LogP contribution in [0.5, 0.6) is 0 Å². The average Bonchev–Trinajstić information content (AvgIpc) is 2.46. The topological polar surface area (TPSA) is 59.1 Å². The molecule has 0 atom stereocenters. The van der Waals surface area contributed by atoms with Crippen molar-refractivity contribution in [2.45, 2.75) is 17.6 Å². The fourth-order valence-electron chi connectivity index (χ4n) is 1.59. The van der Waals surface area contributed by atoms with Gasteiger partial charge in [-0.2, -0.15) is 13.2 Å². The van der Waals surface area contributed by atoms with Gasteiger partial charge in [-0.3, -0.25) is 4.98 Å². The van der Waals surface area contributed by atoms with Gasteiger partial charge in [-0.15, -0.1) is 0 Å². The minimum Gasteiger partial charge on any atom is -0.264 e. The van der Waals surface area contributed by atoms with E-state index in [1.54, 1.807) is 18.3 Å². The molecular formula is C13H11F3N2O2S. The van der Waals surface area contributed by atoms with Crippen LogP contribution in [0.1, 0.15) is 11.1 Å². The number of benzene rings is 1. The van der Waals surface area contributed by atoms with Gasteiger partial charge >= 0.3 is 6.18 Å². The number of nitrogens with one attached hydrogen (secondary N) is 1. The van der Waals surface area contributed by atoms with E-state index in [0.29, 0.717) is 5.56 Å². The zero-order valence-corrected chi connectivity index (χ0v) is 11.4. The third kappa shape index (κ3) is 4.02. The van der Waals surface area contributed by atoms with Crippen molar-refractivity contribution >= 4 is 10.0 Å². The van der Waals surface area contributed by atoms with E-state index in [-0.39, 0.29) is 11.4 Å². The molecule has 2 aromatic rings. The first-order valence-corrected chi connectivity index (χ1v) is 7.33. The van der Waals surface area contributed by atoms with Crippen molar-refractivity contribution < 1.29 is 21.6 Å². The summed E-state index contributed by atoms with van der Waals surface area (Å²) in [6.07, 6.45) is -1.45. The summed E-state index contributed by atoms with van der Waals surface area (Å²) in [5.41, 5.74) is -0.248. The van der Waals surface area contributed by atoms with Crippen molar-refractivity contribution in [1.82, 2.24) is 9.71 Å². The summed E-state index contributed by atoms with van der Waals surface area (Å²) in [7, 11) is -3.87. The minimum atomic E-state index is -4.49. The van der Waals surface area contributed by atoms with E-state index in [0.717, 1.165) is 24.3 Å². The SMILES string of the molecule is O=S(=O)(NCc1cccnc1)c1ccc(C(F)(F)F)cc1. The Morgan fingerprint density at radius 2 is 1.76 bits per heavy atom. The lowest BCUT2D eigenvalue weighted by Crippen LogP contribution is -2.23. The number of halogens is 3. The Labute approximate surface area is 119 Å². The smallest absolute Gasteiger partial charge is 0.264 e. The number of sulfonamides is 1. The molecule has 0 saturated heterocycles. The van der Waals surface area contributed by atoms with Crippen molar-refractivity contribution in [3.05, 3.63) is 59.9 Å². The van der Waals surface area contributed by atoms with Gasteiger partial charge in [-0.25, -0.2) is 13.1 Å². The minimum absolute atomic E-state index is 0.0111. The Balaban J connectivity index is 2.13. The lowest BCUT2D eigenvalue weighted by atomic mass is 10.2. The van der Waals surface area contributed by atoms with Gasteiger partial charge in [0, 0.05) is 18.9 Å². The van der Waals surface area contributed by atoms with Gasteiger partial charge in [0.25, 0.3) is 0 Å². The number of aromatic nitrogens is 1. The van der Waals surface area contributed by atoms with E-state index in [1.165, 1.54) is 6.20 Å². The van der Waals surface area contributed by atoms with E-state index in [2.05, 4.69) is 9.71 Å². The molecule has 1 aromatic carbocycles. The second-order valence-corrected chi connectivity index (χ2v) is 5.97. The Kier molecular flexibility index (Phi) is 4.29. The summed E-state index contributed by atoms with van der Waals surface area (Å²) in [4.78, 5) is 3.61. The quantitative estimate of drug-likeness (QED) is 0.943. The highest BCUT2D eigenvalue weighted by molar-refractivity contribution is 7.89. The maximum atomic E-state index is 12.4.